The number of benzene rings is 2. The van der Waals surface area contributed by atoms with Crippen LogP contribution in [0.1, 0.15) is 33.5 Å². The number of hydrogen-bond donors (Lipinski definition) is 1. The molecule has 0 bridgehead atoms. The molecule has 0 aliphatic carbocycles. The van der Waals surface area contributed by atoms with Gasteiger partial charge in [0.05, 0.1) is 7.85 Å². The number of fused-ring (bicyclic) bond motifs is 1. The lowest BCUT2D eigenvalue weighted by Gasteiger charge is -2.37. The Bertz CT molecular complexity index is 1200. The normalized spacial score (nSPS) is 20.5. The van der Waals surface area contributed by atoms with Crippen LogP contribution in [0.15, 0.2) is 42.5 Å². The van der Waals surface area contributed by atoms with Gasteiger partial charge in [0.15, 0.2) is 0 Å². The summed E-state index contributed by atoms with van der Waals surface area (Å²) in [4.78, 5) is 50.9. The van der Waals surface area contributed by atoms with Gasteiger partial charge < -0.3 is 15.0 Å². The fourth-order valence-electron chi connectivity index (χ4n) is 3.99. The second-order valence-corrected chi connectivity index (χ2v) is 8.53. The number of piperidine rings is 1. The SMILES string of the molecule is [B]C1CC(N2Cc3cc(CNC(=O)C(F)(F)c4ccc(Cl)cc4)ccc3C2=O)C(=O)N([B])C1=O. The summed E-state index contributed by atoms with van der Waals surface area (Å²) in [6.07, 6.45) is -0.0617. The third-order valence-electron chi connectivity index (χ3n) is 5.88. The van der Waals surface area contributed by atoms with Crippen LogP contribution in [-0.4, -0.2) is 55.2 Å². The third kappa shape index (κ3) is 4.20. The third-order valence-corrected chi connectivity index (χ3v) is 6.13. The zero-order valence-electron chi connectivity index (χ0n) is 17.6. The number of rotatable bonds is 5. The van der Waals surface area contributed by atoms with E-state index in [4.69, 9.17) is 27.4 Å². The fourth-order valence-corrected chi connectivity index (χ4v) is 4.12. The standard InChI is InChI=1S/C22H16B2ClF2N3O4/c23-16-8-17(20(33)30(24)19(16)32)29-10-12-7-11(1-6-15(12)18(29)31)9-28-21(34)22(26,27)13-2-4-14(25)5-3-13/h1-7,16-17H,8-10H2,(H,28,34). The molecule has 4 amide bonds. The average molecular weight is 481 g/mol. The van der Waals surface area contributed by atoms with E-state index in [-0.39, 0.29) is 24.5 Å². The minimum atomic E-state index is -3.76. The van der Waals surface area contributed by atoms with Gasteiger partial charge in [-0.2, -0.15) is 8.78 Å². The van der Waals surface area contributed by atoms with Crippen molar-refractivity contribution in [1.82, 2.24) is 15.0 Å². The Labute approximate surface area is 201 Å². The first-order chi connectivity index (χ1) is 16.0. The molecular formula is C22H16B2ClF2N3O4. The van der Waals surface area contributed by atoms with Crippen molar-refractivity contribution in [3.63, 3.8) is 0 Å². The lowest BCUT2D eigenvalue weighted by Crippen LogP contribution is -2.55. The molecule has 2 atom stereocenters. The highest BCUT2D eigenvalue weighted by atomic mass is 35.5. The number of hydrogen-bond acceptors (Lipinski definition) is 4. The number of carbonyl (C=O) groups excluding carboxylic acids is 4. The molecule has 0 aromatic heterocycles. The maximum atomic E-state index is 14.5. The molecule has 7 nitrogen and oxygen atoms in total. The summed E-state index contributed by atoms with van der Waals surface area (Å²) >= 11 is 5.71. The Kier molecular flexibility index (Phi) is 6.24. The van der Waals surface area contributed by atoms with Gasteiger partial charge in [-0.05, 0) is 35.7 Å². The Morgan fingerprint density at radius 2 is 1.79 bits per heavy atom. The molecule has 0 spiro atoms. The molecule has 2 aliphatic heterocycles. The molecule has 12 heteroatoms. The maximum Gasteiger partial charge on any atom is 0.349 e. The molecule has 34 heavy (non-hydrogen) atoms. The molecule has 4 radical (unpaired) electrons. The summed E-state index contributed by atoms with van der Waals surface area (Å²) in [5, 5.41) is 2.47. The fraction of sp³-hybridized carbons (Fsp3) is 0.273. The topological polar surface area (TPSA) is 86.8 Å². The highest BCUT2D eigenvalue weighted by molar-refractivity contribution is 6.35. The van der Waals surface area contributed by atoms with Crippen molar-refractivity contribution in [1.29, 1.82) is 0 Å². The summed E-state index contributed by atoms with van der Waals surface area (Å²) in [5.74, 6) is -8.16. The second-order valence-electron chi connectivity index (χ2n) is 8.09. The summed E-state index contributed by atoms with van der Waals surface area (Å²) in [5.41, 5.74) is 0.856. The second kappa shape index (κ2) is 8.87. The number of nitrogens with one attached hydrogen (secondary N) is 1. The van der Waals surface area contributed by atoms with Gasteiger partial charge in [0.2, 0.25) is 19.8 Å². The van der Waals surface area contributed by atoms with Crippen molar-refractivity contribution in [3.05, 3.63) is 69.7 Å². The van der Waals surface area contributed by atoms with Crippen molar-refractivity contribution < 1.29 is 28.0 Å². The predicted octanol–water partition coefficient (Wildman–Crippen LogP) is 1.87. The average Bonchev–Trinajstić information content (AvgIpc) is 3.14. The number of carbonyl (C=O) groups is 4. The molecule has 1 saturated heterocycles. The van der Waals surface area contributed by atoms with Crippen molar-refractivity contribution in [2.24, 2.45) is 0 Å². The van der Waals surface area contributed by atoms with Crippen LogP contribution >= 0.6 is 11.6 Å². The van der Waals surface area contributed by atoms with Crippen LogP contribution in [0.25, 0.3) is 0 Å². The smallest absolute Gasteiger partial charge is 0.346 e. The maximum absolute atomic E-state index is 14.5. The van der Waals surface area contributed by atoms with Gasteiger partial charge in [-0.15, -0.1) is 0 Å². The van der Waals surface area contributed by atoms with E-state index in [0.29, 0.717) is 21.5 Å². The minimum Gasteiger partial charge on any atom is -0.346 e. The van der Waals surface area contributed by atoms with Crippen molar-refractivity contribution in [2.75, 3.05) is 0 Å². The van der Waals surface area contributed by atoms with Crippen LogP contribution in [0.5, 0.6) is 0 Å². The number of nitrogens with zero attached hydrogens (tertiary/aromatic N) is 2. The number of imide groups is 1. The van der Waals surface area contributed by atoms with E-state index in [1.807, 2.05) is 0 Å². The molecule has 2 aliphatic rings. The van der Waals surface area contributed by atoms with Gasteiger partial charge >= 0.3 is 5.92 Å². The lowest BCUT2D eigenvalue weighted by atomic mass is 9.76. The summed E-state index contributed by atoms with van der Waals surface area (Å²) in [7, 11) is 11.3. The Morgan fingerprint density at radius 1 is 1.12 bits per heavy atom. The van der Waals surface area contributed by atoms with E-state index in [0.717, 1.165) is 12.1 Å². The first-order valence-electron chi connectivity index (χ1n) is 10.2. The summed E-state index contributed by atoms with van der Waals surface area (Å²) in [6.45, 7) is -0.163. The Morgan fingerprint density at radius 3 is 2.47 bits per heavy atom. The molecular weight excluding hydrogens is 465 g/mol. The Balaban J connectivity index is 1.45. The monoisotopic (exact) mass is 481 g/mol. The van der Waals surface area contributed by atoms with Gasteiger partial charge in [0, 0.05) is 35.1 Å². The van der Waals surface area contributed by atoms with Gasteiger partial charge in [0.1, 0.15) is 6.04 Å². The number of alkyl halides is 2. The van der Waals surface area contributed by atoms with E-state index in [2.05, 4.69) is 5.32 Å². The van der Waals surface area contributed by atoms with Gasteiger partial charge in [0.25, 0.3) is 11.8 Å². The molecule has 170 valence electrons. The van der Waals surface area contributed by atoms with Crippen molar-refractivity contribution in [3.8, 4) is 0 Å². The highest BCUT2D eigenvalue weighted by Crippen LogP contribution is 2.32. The van der Waals surface area contributed by atoms with E-state index in [1.165, 1.54) is 29.2 Å². The number of halogens is 3. The van der Waals surface area contributed by atoms with E-state index in [1.54, 1.807) is 6.07 Å². The lowest BCUT2D eigenvalue weighted by molar-refractivity contribution is -0.147. The van der Waals surface area contributed by atoms with Crippen LogP contribution in [0.2, 0.25) is 10.8 Å². The predicted molar refractivity (Wildman–Crippen MR) is 119 cm³/mol. The van der Waals surface area contributed by atoms with Gasteiger partial charge in [-0.1, -0.05) is 35.9 Å². The summed E-state index contributed by atoms with van der Waals surface area (Å²) < 4.78 is 28.9. The van der Waals surface area contributed by atoms with E-state index in [9.17, 15) is 28.0 Å². The molecule has 2 unspecified atom stereocenters. The molecule has 1 fully saturated rings. The summed E-state index contributed by atoms with van der Waals surface area (Å²) in [6, 6.07) is 8.29. The van der Waals surface area contributed by atoms with Crippen molar-refractivity contribution in [2.45, 2.75) is 37.3 Å². The first kappa shape index (κ1) is 23.9. The quantitative estimate of drug-likeness (QED) is 0.522. The molecule has 2 aromatic rings. The molecule has 2 heterocycles. The zero-order chi connectivity index (χ0) is 24.8. The van der Waals surface area contributed by atoms with Crippen LogP contribution in [0, 0.1) is 0 Å². The van der Waals surface area contributed by atoms with Gasteiger partial charge in [-0.25, -0.2) is 0 Å². The van der Waals surface area contributed by atoms with Crippen LogP contribution in [0.4, 0.5) is 8.78 Å². The van der Waals surface area contributed by atoms with E-state index >= 15 is 0 Å². The minimum absolute atomic E-state index is 0.0437. The molecule has 4 rings (SSSR count). The van der Waals surface area contributed by atoms with Crippen molar-refractivity contribution >= 4 is 51.1 Å². The highest BCUT2D eigenvalue weighted by Gasteiger charge is 2.44. The van der Waals surface area contributed by atoms with Crippen LogP contribution in [-0.2, 0) is 33.4 Å². The van der Waals surface area contributed by atoms with Crippen LogP contribution in [0.3, 0.4) is 0 Å². The molecule has 1 N–H and O–H groups in total. The Hall–Kier alpha value is -3.20. The largest absolute Gasteiger partial charge is 0.349 e. The van der Waals surface area contributed by atoms with E-state index < -0.39 is 47.0 Å². The molecule has 2 aromatic carbocycles. The van der Waals surface area contributed by atoms with Gasteiger partial charge in [-0.3, -0.25) is 19.2 Å². The molecule has 0 saturated carbocycles. The first-order valence-corrected chi connectivity index (χ1v) is 10.6. The number of amides is 4. The van der Waals surface area contributed by atoms with Crippen LogP contribution < -0.4 is 5.32 Å². The zero-order valence-corrected chi connectivity index (χ0v) is 18.4.